The van der Waals surface area contributed by atoms with Gasteiger partial charge in [-0.05, 0) is 38.6 Å². The predicted octanol–water partition coefficient (Wildman–Crippen LogP) is 1.19. The number of hydrogen-bond acceptors (Lipinski definition) is 4. The molecule has 0 atom stereocenters. The molecule has 2 N–H and O–H groups in total. The topological polar surface area (TPSA) is 51.4 Å². The first-order valence-corrected chi connectivity index (χ1v) is 6.10. The molecule has 0 radical (unpaired) electrons. The molecule has 0 bridgehead atoms. The molecule has 0 amide bonds. The summed E-state index contributed by atoms with van der Waals surface area (Å²) in [6.07, 6.45) is 1.01. The summed E-state index contributed by atoms with van der Waals surface area (Å²) >= 11 is 0. The fourth-order valence-electron chi connectivity index (χ4n) is 1.72. The van der Waals surface area contributed by atoms with Crippen molar-refractivity contribution in [1.29, 1.82) is 0 Å². The van der Waals surface area contributed by atoms with Gasteiger partial charge in [-0.2, -0.15) is 0 Å². The molecule has 1 heterocycles. The van der Waals surface area contributed by atoms with Crippen LogP contribution in [0, 0.1) is 6.92 Å². The van der Waals surface area contributed by atoms with E-state index in [0.29, 0.717) is 0 Å². The lowest BCUT2D eigenvalue weighted by Gasteiger charge is -2.21. The number of aryl methyl sites for hydroxylation is 1. The first-order valence-electron chi connectivity index (χ1n) is 6.10. The van der Waals surface area contributed by atoms with E-state index in [1.54, 1.807) is 7.11 Å². The predicted molar refractivity (Wildman–Crippen MR) is 69.8 cm³/mol. The molecule has 0 aliphatic heterocycles. The smallest absolute Gasteiger partial charge is 0.0589 e. The molecule has 4 nitrogen and oxygen atoms in total. The molecule has 17 heavy (non-hydrogen) atoms. The summed E-state index contributed by atoms with van der Waals surface area (Å²) in [7, 11) is 1.73. The molecule has 96 valence electrons. The average molecular weight is 237 g/mol. The van der Waals surface area contributed by atoms with Crippen LogP contribution in [0.3, 0.4) is 0 Å². The van der Waals surface area contributed by atoms with Crippen molar-refractivity contribution in [2.75, 3.05) is 33.4 Å². The van der Waals surface area contributed by atoms with Gasteiger partial charge in [0.05, 0.1) is 12.3 Å². The fraction of sp³-hybridized carbons (Fsp3) is 0.615. The van der Waals surface area contributed by atoms with Gasteiger partial charge < -0.3 is 10.5 Å². The van der Waals surface area contributed by atoms with Gasteiger partial charge in [0.1, 0.15) is 0 Å². The Morgan fingerprint density at radius 3 is 2.82 bits per heavy atom. The number of nitrogens with zero attached hydrogens (tertiary/aromatic N) is 2. The second-order valence-corrected chi connectivity index (χ2v) is 4.18. The van der Waals surface area contributed by atoms with E-state index < -0.39 is 0 Å². The van der Waals surface area contributed by atoms with E-state index in [0.717, 1.165) is 50.6 Å². The largest absolute Gasteiger partial charge is 0.383 e. The summed E-state index contributed by atoms with van der Waals surface area (Å²) in [6.45, 7) is 6.27. The van der Waals surface area contributed by atoms with Crippen LogP contribution in [0.15, 0.2) is 18.2 Å². The minimum Gasteiger partial charge on any atom is -0.383 e. The lowest BCUT2D eigenvalue weighted by Crippen LogP contribution is -2.29. The first kappa shape index (κ1) is 14.1. The van der Waals surface area contributed by atoms with Crippen LogP contribution in [0.5, 0.6) is 0 Å². The highest BCUT2D eigenvalue weighted by atomic mass is 16.5. The van der Waals surface area contributed by atoms with E-state index in [1.165, 1.54) is 0 Å². The Labute approximate surface area is 104 Å². The fourth-order valence-corrected chi connectivity index (χ4v) is 1.72. The lowest BCUT2D eigenvalue weighted by atomic mass is 10.3. The van der Waals surface area contributed by atoms with E-state index in [4.69, 9.17) is 10.5 Å². The van der Waals surface area contributed by atoms with Crippen LogP contribution in [-0.4, -0.2) is 43.2 Å². The molecule has 0 aliphatic carbocycles. The molecule has 0 fully saturated rings. The highest BCUT2D eigenvalue weighted by Gasteiger charge is 2.06. The number of nitrogens with two attached hydrogens (primary N) is 1. The van der Waals surface area contributed by atoms with Gasteiger partial charge in [0.15, 0.2) is 0 Å². The molecule has 0 aliphatic rings. The van der Waals surface area contributed by atoms with Gasteiger partial charge in [-0.1, -0.05) is 6.07 Å². The third-order valence-electron chi connectivity index (χ3n) is 2.62. The average Bonchev–Trinajstić information content (AvgIpc) is 2.32. The van der Waals surface area contributed by atoms with E-state index in [2.05, 4.69) is 22.0 Å². The zero-order chi connectivity index (χ0) is 12.5. The summed E-state index contributed by atoms with van der Waals surface area (Å²) in [5.74, 6) is 0. The van der Waals surface area contributed by atoms with Crippen molar-refractivity contribution in [3.05, 3.63) is 29.6 Å². The maximum absolute atomic E-state index is 5.55. The van der Waals surface area contributed by atoms with Crippen LogP contribution in [0.1, 0.15) is 17.8 Å². The number of methoxy groups -OCH3 is 1. The monoisotopic (exact) mass is 237 g/mol. The Balaban J connectivity index is 2.51. The molecule has 1 aromatic heterocycles. The van der Waals surface area contributed by atoms with Crippen molar-refractivity contribution < 1.29 is 4.74 Å². The summed E-state index contributed by atoms with van der Waals surface area (Å²) in [4.78, 5) is 6.85. The van der Waals surface area contributed by atoms with Crippen molar-refractivity contribution in [3.8, 4) is 0 Å². The number of rotatable bonds is 8. The van der Waals surface area contributed by atoms with Gasteiger partial charge in [-0.15, -0.1) is 0 Å². The van der Waals surface area contributed by atoms with Crippen LogP contribution in [-0.2, 0) is 11.3 Å². The van der Waals surface area contributed by atoms with Gasteiger partial charge in [-0.25, -0.2) is 0 Å². The molecule has 0 saturated heterocycles. The Hall–Kier alpha value is -0.970. The van der Waals surface area contributed by atoms with Crippen molar-refractivity contribution >= 4 is 0 Å². The Morgan fingerprint density at radius 1 is 1.35 bits per heavy atom. The summed E-state index contributed by atoms with van der Waals surface area (Å²) in [6, 6.07) is 6.13. The van der Waals surface area contributed by atoms with Crippen LogP contribution in [0.25, 0.3) is 0 Å². The van der Waals surface area contributed by atoms with Gasteiger partial charge >= 0.3 is 0 Å². The third kappa shape index (κ3) is 5.77. The van der Waals surface area contributed by atoms with Gasteiger partial charge in [-0.3, -0.25) is 9.88 Å². The second kappa shape index (κ2) is 8.17. The molecular formula is C13H23N3O. The Bertz CT molecular complexity index is 309. The standard InChI is InChI=1S/C13H23N3O/c1-12-5-3-6-13(15-12)11-16(8-4-7-14)9-10-17-2/h3,5-6H,4,7-11,14H2,1-2H3. The SMILES string of the molecule is COCCN(CCCN)Cc1cccc(C)n1. The number of pyridine rings is 1. The van der Waals surface area contributed by atoms with Crippen LogP contribution < -0.4 is 5.73 Å². The maximum Gasteiger partial charge on any atom is 0.0589 e. The zero-order valence-electron chi connectivity index (χ0n) is 10.9. The second-order valence-electron chi connectivity index (χ2n) is 4.18. The van der Waals surface area contributed by atoms with E-state index in [9.17, 15) is 0 Å². The van der Waals surface area contributed by atoms with Crippen molar-refractivity contribution in [2.45, 2.75) is 19.9 Å². The Morgan fingerprint density at radius 2 is 2.18 bits per heavy atom. The Kier molecular flexibility index (Phi) is 6.77. The molecule has 1 rings (SSSR count). The van der Waals surface area contributed by atoms with E-state index in [1.807, 2.05) is 13.0 Å². The van der Waals surface area contributed by atoms with E-state index in [-0.39, 0.29) is 0 Å². The normalized spacial score (nSPS) is 11.1. The molecule has 1 aromatic rings. The van der Waals surface area contributed by atoms with Crippen LogP contribution in [0.2, 0.25) is 0 Å². The van der Waals surface area contributed by atoms with Gasteiger partial charge in [0.2, 0.25) is 0 Å². The van der Waals surface area contributed by atoms with Crippen LogP contribution >= 0.6 is 0 Å². The summed E-state index contributed by atoms with van der Waals surface area (Å²) in [5.41, 5.74) is 7.72. The van der Waals surface area contributed by atoms with Crippen molar-refractivity contribution in [2.24, 2.45) is 5.73 Å². The highest BCUT2D eigenvalue weighted by Crippen LogP contribution is 2.04. The number of aromatic nitrogens is 1. The first-order chi connectivity index (χ1) is 8.26. The maximum atomic E-state index is 5.55. The minimum absolute atomic E-state index is 0.727. The quantitative estimate of drug-likeness (QED) is 0.738. The molecule has 4 heteroatoms. The van der Waals surface area contributed by atoms with Crippen molar-refractivity contribution in [1.82, 2.24) is 9.88 Å². The van der Waals surface area contributed by atoms with Gasteiger partial charge in [0.25, 0.3) is 0 Å². The summed E-state index contributed by atoms with van der Waals surface area (Å²) in [5, 5.41) is 0. The molecule has 0 unspecified atom stereocenters. The zero-order valence-corrected chi connectivity index (χ0v) is 10.9. The highest BCUT2D eigenvalue weighted by molar-refractivity contribution is 5.09. The molecular weight excluding hydrogens is 214 g/mol. The number of hydrogen-bond donors (Lipinski definition) is 1. The van der Waals surface area contributed by atoms with Gasteiger partial charge in [0, 0.05) is 25.9 Å². The lowest BCUT2D eigenvalue weighted by molar-refractivity contribution is 0.143. The molecule has 0 aromatic carbocycles. The van der Waals surface area contributed by atoms with Crippen LogP contribution in [0.4, 0.5) is 0 Å². The minimum atomic E-state index is 0.727. The third-order valence-corrected chi connectivity index (χ3v) is 2.62. The van der Waals surface area contributed by atoms with E-state index >= 15 is 0 Å². The van der Waals surface area contributed by atoms with Crippen molar-refractivity contribution in [3.63, 3.8) is 0 Å². The number of ether oxygens (including phenoxy) is 1. The molecule has 0 saturated carbocycles. The summed E-state index contributed by atoms with van der Waals surface area (Å²) < 4.78 is 5.12. The molecule has 0 spiro atoms.